The second-order valence-electron chi connectivity index (χ2n) is 4.60. The van der Waals surface area contributed by atoms with E-state index in [1.807, 2.05) is 43.6 Å². The molecule has 2 aromatic rings. The van der Waals surface area contributed by atoms with Crippen molar-refractivity contribution in [2.45, 2.75) is 12.8 Å². The van der Waals surface area contributed by atoms with Gasteiger partial charge < -0.3 is 0 Å². The number of rotatable bonds is 1. The fraction of sp³-hybridized carbons (Fsp3) is 0.200. The monoisotopic (exact) mass is 238 g/mol. The van der Waals surface area contributed by atoms with Crippen LogP contribution in [0.1, 0.15) is 27.9 Å². The summed E-state index contributed by atoms with van der Waals surface area (Å²) in [5, 5.41) is 4.11. The molecule has 0 N–H and O–H groups in total. The third-order valence-corrected chi connectivity index (χ3v) is 3.28. The topological polar surface area (TPSA) is 34.9 Å². The fourth-order valence-electron chi connectivity index (χ4n) is 2.37. The molecule has 18 heavy (non-hydrogen) atoms. The molecule has 0 amide bonds. The molecule has 0 fully saturated rings. The Balaban J connectivity index is 1.98. The molecular formula is C15H14N2O. The van der Waals surface area contributed by atoms with Crippen LogP contribution in [-0.4, -0.2) is 15.6 Å². The summed E-state index contributed by atoms with van der Waals surface area (Å²) in [7, 11) is 1.87. The number of hydrogen-bond donors (Lipinski definition) is 0. The highest BCUT2D eigenvalue weighted by Gasteiger charge is 2.21. The van der Waals surface area contributed by atoms with Crippen molar-refractivity contribution in [3.8, 4) is 0 Å². The van der Waals surface area contributed by atoms with Crippen molar-refractivity contribution in [2.75, 3.05) is 0 Å². The fourth-order valence-corrected chi connectivity index (χ4v) is 2.37. The highest BCUT2D eigenvalue weighted by atomic mass is 16.1. The first-order valence-corrected chi connectivity index (χ1v) is 6.06. The maximum atomic E-state index is 12.3. The van der Waals surface area contributed by atoms with Crippen LogP contribution in [0.15, 0.2) is 42.2 Å². The first-order chi connectivity index (χ1) is 8.74. The molecule has 1 aliphatic rings. The van der Waals surface area contributed by atoms with E-state index < -0.39 is 0 Å². The highest BCUT2D eigenvalue weighted by molar-refractivity contribution is 6.13. The molecule has 0 spiro atoms. The zero-order chi connectivity index (χ0) is 12.5. The van der Waals surface area contributed by atoms with E-state index in [9.17, 15) is 4.79 Å². The van der Waals surface area contributed by atoms with Crippen LogP contribution in [0.3, 0.4) is 0 Å². The minimum atomic E-state index is 0.153. The first kappa shape index (κ1) is 11.0. The zero-order valence-corrected chi connectivity index (χ0v) is 10.3. The van der Waals surface area contributed by atoms with Gasteiger partial charge in [0.2, 0.25) is 0 Å². The lowest BCUT2D eigenvalue weighted by molar-refractivity contribution is 0.102. The Morgan fingerprint density at radius 2 is 2.11 bits per heavy atom. The van der Waals surface area contributed by atoms with Gasteiger partial charge in [0.1, 0.15) is 0 Å². The van der Waals surface area contributed by atoms with Crippen molar-refractivity contribution in [2.24, 2.45) is 7.05 Å². The van der Waals surface area contributed by atoms with Gasteiger partial charge in [-0.1, -0.05) is 24.3 Å². The van der Waals surface area contributed by atoms with E-state index in [0.717, 1.165) is 35.1 Å². The first-order valence-electron chi connectivity index (χ1n) is 6.06. The number of fused-ring (bicyclic) bond motifs is 1. The molecule has 1 aromatic carbocycles. The average Bonchev–Trinajstić information content (AvgIpc) is 2.79. The smallest absolute Gasteiger partial charge is 0.189 e. The highest BCUT2D eigenvalue weighted by Crippen LogP contribution is 2.26. The third kappa shape index (κ3) is 1.88. The molecule has 3 nitrogen and oxygen atoms in total. The predicted octanol–water partition coefficient (Wildman–Crippen LogP) is 2.63. The molecule has 1 heterocycles. The standard InChI is InChI=1S/C15H14N2O/c1-17-10-11(9-16-17)8-13-7-6-12-4-2-3-5-14(12)15(13)18/h2-5,8-10H,6-7H2,1H3/b13-8-. The van der Waals surface area contributed by atoms with E-state index in [4.69, 9.17) is 0 Å². The summed E-state index contributed by atoms with van der Waals surface area (Å²) in [5.41, 5.74) is 3.87. The number of Topliss-reactive ketones (excluding diaryl/α,β-unsaturated/α-hetero) is 1. The number of benzene rings is 1. The number of aromatic nitrogens is 2. The molecule has 0 saturated carbocycles. The van der Waals surface area contributed by atoms with Gasteiger partial charge in [0.15, 0.2) is 5.78 Å². The van der Waals surface area contributed by atoms with Crippen LogP contribution in [0.4, 0.5) is 0 Å². The number of carbonyl (C=O) groups is 1. The van der Waals surface area contributed by atoms with Gasteiger partial charge >= 0.3 is 0 Å². The van der Waals surface area contributed by atoms with Crippen molar-refractivity contribution in [3.63, 3.8) is 0 Å². The summed E-state index contributed by atoms with van der Waals surface area (Å²) in [6.07, 6.45) is 7.39. The van der Waals surface area contributed by atoms with Crippen LogP contribution in [0, 0.1) is 0 Å². The lowest BCUT2D eigenvalue weighted by atomic mass is 9.86. The van der Waals surface area contributed by atoms with Crippen LogP contribution in [0.5, 0.6) is 0 Å². The summed E-state index contributed by atoms with van der Waals surface area (Å²) in [6.45, 7) is 0. The quantitative estimate of drug-likeness (QED) is 0.716. The molecule has 3 rings (SSSR count). The number of aryl methyl sites for hydroxylation is 2. The van der Waals surface area contributed by atoms with Crippen LogP contribution < -0.4 is 0 Å². The Morgan fingerprint density at radius 1 is 1.28 bits per heavy atom. The Hall–Kier alpha value is -2.16. The van der Waals surface area contributed by atoms with Crippen LogP contribution in [-0.2, 0) is 13.5 Å². The third-order valence-electron chi connectivity index (χ3n) is 3.28. The molecule has 1 aromatic heterocycles. The summed E-state index contributed by atoms with van der Waals surface area (Å²) >= 11 is 0. The number of hydrogen-bond acceptors (Lipinski definition) is 2. The van der Waals surface area contributed by atoms with Gasteiger partial charge in [0.25, 0.3) is 0 Å². The molecule has 0 bridgehead atoms. The van der Waals surface area contributed by atoms with Gasteiger partial charge in [-0.25, -0.2) is 0 Å². The van der Waals surface area contributed by atoms with Crippen molar-refractivity contribution >= 4 is 11.9 Å². The average molecular weight is 238 g/mol. The van der Waals surface area contributed by atoms with Crippen LogP contribution >= 0.6 is 0 Å². The van der Waals surface area contributed by atoms with Gasteiger partial charge in [-0.15, -0.1) is 0 Å². The Bertz CT molecular complexity index is 637. The van der Waals surface area contributed by atoms with Gasteiger partial charge in [-0.3, -0.25) is 9.48 Å². The van der Waals surface area contributed by atoms with E-state index >= 15 is 0 Å². The number of carbonyl (C=O) groups excluding carboxylic acids is 1. The molecule has 0 unspecified atom stereocenters. The van der Waals surface area contributed by atoms with Gasteiger partial charge in [-0.2, -0.15) is 5.10 Å². The Labute approximate surface area is 106 Å². The Morgan fingerprint density at radius 3 is 2.89 bits per heavy atom. The second-order valence-corrected chi connectivity index (χ2v) is 4.60. The van der Waals surface area contributed by atoms with E-state index in [-0.39, 0.29) is 5.78 Å². The molecule has 0 atom stereocenters. The molecule has 1 aliphatic carbocycles. The normalized spacial score (nSPS) is 16.9. The maximum absolute atomic E-state index is 12.3. The predicted molar refractivity (Wildman–Crippen MR) is 70.3 cm³/mol. The molecular weight excluding hydrogens is 224 g/mol. The van der Waals surface area contributed by atoms with Crippen LogP contribution in [0.2, 0.25) is 0 Å². The Kier molecular flexibility index (Phi) is 2.59. The second kappa shape index (κ2) is 4.26. The molecule has 0 aliphatic heterocycles. The van der Waals surface area contributed by atoms with E-state index in [0.29, 0.717) is 0 Å². The summed E-state index contributed by atoms with van der Waals surface area (Å²) in [6, 6.07) is 7.85. The summed E-state index contributed by atoms with van der Waals surface area (Å²) in [5.74, 6) is 0.153. The summed E-state index contributed by atoms with van der Waals surface area (Å²) in [4.78, 5) is 12.3. The van der Waals surface area contributed by atoms with Gasteiger partial charge in [-0.05, 0) is 24.5 Å². The van der Waals surface area contributed by atoms with E-state index in [1.54, 1.807) is 10.9 Å². The van der Waals surface area contributed by atoms with Gasteiger partial charge in [0, 0.05) is 29.9 Å². The van der Waals surface area contributed by atoms with Crippen molar-refractivity contribution in [3.05, 3.63) is 58.9 Å². The van der Waals surface area contributed by atoms with Crippen LogP contribution in [0.25, 0.3) is 6.08 Å². The largest absolute Gasteiger partial charge is 0.289 e. The van der Waals surface area contributed by atoms with Crippen molar-refractivity contribution in [1.82, 2.24) is 9.78 Å². The van der Waals surface area contributed by atoms with Gasteiger partial charge in [0.05, 0.1) is 6.20 Å². The molecule has 0 radical (unpaired) electrons. The van der Waals surface area contributed by atoms with Crippen molar-refractivity contribution < 1.29 is 4.79 Å². The number of nitrogens with zero attached hydrogens (tertiary/aromatic N) is 2. The minimum absolute atomic E-state index is 0.153. The zero-order valence-electron chi connectivity index (χ0n) is 10.3. The summed E-state index contributed by atoms with van der Waals surface area (Å²) < 4.78 is 1.74. The minimum Gasteiger partial charge on any atom is -0.289 e. The van der Waals surface area contributed by atoms with E-state index in [2.05, 4.69) is 5.10 Å². The molecule has 3 heteroatoms. The lowest BCUT2D eigenvalue weighted by Crippen LogP contribution is -2.13. The van der Waals surface area contributed by atoms with E-state index in [1.165, 1.54) is 0 Å². The lowest BCUT2D eigenvalue weighted by Gasteiger charge is -2.16. The number of ketones is 1. The number of allylic oxidation sites excluding steroid dienone is 1. The maximum Gasteiger partial charge on any atom is 0.189 e. The SMILES string of the molecule is Cn1cc(/C=C2/CCc3ccccc3C2=O)cn1. The molecule has 0 saturated heterocycles. The molecule has 90 valence electrons. The van der Waals surface area contributed by atoms with Crippen molar-refractivity contribution in [1.29, 1.82) is 0 Å².